The molecule has 0 spiro atoms. The number of hydrogen-bond donors (Lipinski definition) is 2. The van der Waals surface area contributed by atoms with Crippen LogP contribution in [-0.2, 0) is 26.0 Å². The zero-order valence-electron chi connectivity index (χ0n) is 15.7. The second kappa shape index (κ2) is 7.63. The molecule has 2 amide bonds. The van der Waals surface area contributed by atoms with Crippen molar-refractivity contribution < 1.29 is 27.3 Å². The van der Waals surface area contributed by atoms with Crippen molar-refractivity contribution in [2.45, 2.75) is 51.0 Å². The van der Waals surface area contributed by atoms with E-state index in [4.69, 9.17) is 9.26 Å². The maximum Gasteiger partial charge on any atom is 0.265 e. The lowest BCUT2D eigenvalue weighted by Gasteiger charge is -2.25. The number of ether oxygens (including phenoxy) is 1. The van der Waals surface area contributed by atoms with E-state index in [9.17, 15) is 18.0 Å². The van der Waals surface area contributed by atoms with Gasteiger partial charge >= 0.3 is 0 Å². The van der Waals surface area contributed by atoms with Gasteiger partial charge in [0.25, 0.3) is 15.9 Å². The lowest BCUT2D eigenvalue weighted by Crippen LogP contribution is -2.36. The first-order chi connectivity index (χ1) is 13.2. The number of nitrogens with zero attached hydrogens (tertiary/aromatic N) is 1. The number of benzene rings is 1. The molecule has 0 fully saturated rings. The molecule has 0 aliphatic carbocycles. The fourth-order valence-electron chi connectivity index (χ4n) is 2.92. The van der Waals surface area contributed by atoms with E-state index in [0.29, 0.717) is 30.0 Å². The number of aryl methyl sites for hydroxylation is 2. The average Bonchev–Trinajstić information content (AvgIpc) is 2.96. The van der Waals surface area contributed by atoms with E-state index in [0.717, 1.165) is 5.56 Å². The summed E-state index contributed by atoms with van der Waals surface area (Å²) in [4.78, 5) is 23.9. The first kappa shape index (κ1) is 19.9. The predicted molar refractivity (Wildman–Crippen MR) is 99.4 cm³/mol. The second-order valence-electron chi connectivity index (χ2n) is 6.49. The van der Waals surface area contributed by atoms with Crippen LogP contribution in [0.15, 0.2) is 27.6 Å². The van der Waals surface area contributed by atoms with Gasteiger partial charge in [0.15, 0.2) is 6.10 Å². The monoisotopic (exact) mass is 407 g/mol. The summed E-state index contributed by atoms with van der Waals surface area (Å²) in [5.41, 5.74) is 1.70. The first-order valence-corrected chi connectivity index (χ1v) is 10.3. The van der Waals surface area contributed by atoms with Gasteiger partial charge in [0.1, 0.15) is 11.5 Å². The highest BCUT2D eigenvalue weighted by molar-refractivity contribution is 7.90. The minimum atomic E-state index is -4.09. The average molecular weight is 407 g/mol. The van der Waals surface area contributed by atoms with Gasteiger partial charge in [-0.1, -0.05) is 12.1 Å². The zero-order chi connectivity index (χ0) is 20.5. The molecule has 1 aliphatic rings. The van der Waals surface area contributed by atoms with Gasteiger partial charge in [-0.2, -0.15) is 0 Å². The Labute approximate surface area is 162 Å². The van der Waals surface area contributed by atoms with Crippen molar-refractivity contribution >= 4 is 27.5 Å². The molecule has 1 aliphatic heterocycles. The van der Waals surface area contributed by atoms with Gasteiger partial charge in [0.05, 0.1) is 16.3 Å². The van der Waals surface area contributed by atoms with Crippen LogP contribution in [0.3, 0.4) is 0 Å². The minimum Gasteiger partial charge on any atom is -0.478 e. The lowest BCUT2D eigenvalue weighted by molar-refractivity contribution is -0.123. The van der Waals surface area contributed by atoms with E-state index in [2.05, 4.69) is 10.5 Å². The minimum absolute atomic E-state index is 0.0366. The molecule has 2 N–H and O–H groups in total. The summed E-state index contributed by atoms with van der Waals surface area (Å²) >= 11 is 0. The number of sulfonamides is 1. The largest absolute Gasteiger partial charge is 0.478 e. The number of hydrogen-bond acceptors (Lipinski definition) is 7. The molecule has 1 aromatic carbocycles. The number of fused-ring (bicyclic) bond motifs is 1. The molecule has 1 unspecified atom stereocenters. The molecule has 0 saturated heterocycles. The molecule has 28 heavy (non-hydrogen) atoms. The van der Waals surface area contributed by atoms with Gasteiger partial charge in [-0.3, -0.25) is 9.59 Å². The molecule has 3 rings (SSSR count). The zero-order valence-corrected chi connectivity index (χ0v) is 16.6. The topological polar surface area (TPSA) is 128 Å². The van der Waals surface area contributed by atoms with Crippen LogP contribution in [0.5, 0.6) is 5.75 Å². The van der Waals surface area contributed by atoms with Crippen LogP contribution in [0.1, 0.15) is 36.8 Å². The number of carbonyl (C=O) groups is 2. The molecule has 2 heterocycles. The maximum absolute atomic E-state index is 12.5. The van der Waals surface area contributed by atoms with E-state index in [1.807, 2.05) is 11.6 Å². The Bertz CT molecular complexity index is 1010. The Kier molecular flexibility index (Phi) is 5.41. The fourth-order valence-corrected chi connectivity index (χ4v) is 3.96. The van der Waals surface area contributed by atoms with Gasteiger partial charge in [-0.05, 0) is 44.9 Å². The molecule has 1 aromatic heterocycles. The fraction of sp³-hybridized carbons (Fsp3) is 0.389. The number of amides is 2. The van der Waals surface area contributed by atoms with E-state index in [1.54, 1.807) is 13.8 Å². The van der Waals surface area contributed by atoms with Gasteiger partial charge in [-0.25, -0.2) is 13.1 Å². The van der Waals surface area contributed by atoms with Crippen molar-refractivity contribution in [3.63, 3.8) is 0 Å². The molecule has 10 heteroatoms. The molecule has 9 nitrogen and oxygen atoms in total. The van der Waals surface area contributed by atoms with Crippen LogP contribution in [0.2, 0.25) is 0 Å². The molecular formula is C18H21N3O6S. The summed E-state index contributed by atoms with van der Waals surface area (Å²) in [5, 5.41) is 6.43. The van der Waals surface area contributed by atoms with Crippen LogP contribution in [-0.4, -0.2) is 31.5 Å². The quantitative estimate of drug-likeness (QED) is 0.748. The van der Waals surface area contributed by atoms with Crippen LogP contribution < -0.4 is 14.8 Å². The lowest BCUT2D eigenvalue weighted by atomic mass is 10.1. The number of rotatable bonds is 6. The normalized spacial score (nSPS) is 16.1. The van der Waals surface area contributed by atoms with E-state index >= 15 is 0 Å². The Balaban J connectivity index is 1.70. The van der Waals surface area contributed by atoms with Crippen molar-refractivity contribution in [1.82, 2.24) is 9.88 Å². The van der Waals surface area contributed by atoms with Crippen LogP contribution in [0, 0.1) is 13.8 Å². The molecule has 150 valence electrons. The molecule has 0 saturated carbocycles. The predicted octanol–water partition coefficient (Wildman–Crippen LogP) is 1.84. The Morgan fingerprint density at radius 1 is 1.32 bits per heavy atom. The summed E-state index contributed by atoms with van der Waals surface area (Å²) in [6.45, 7) is 5.30. The van der Waals surface area contributed by atoms with Crippen molar-refractivity contribution in [3.05, 3.63) is 35.2 Å². The number of carbonyl (C=O) groups excluding carboxylic acids is 2. The summed E-state index contributed by atoms with van der Waals surface area (Å²) in [7, 11) is -4.09. The summed E-state index contributed by atoms with van der Waals surface area (Å²) < 4.78 is 37.6. The first-order valence-electron chi connectivity index (χ1n) is 8.80. The Hall–Kier alpha value is -2.88. The second-order valence-corrected chi connectivity index (χ2v) is 8.18. The van der Waals surface area contributed by atoms with Crippen molar-refractivity contribution in [2.24, 2.45) is 0 Å². The van der Waals surface area contributed by atoms with Gasteiger partial charge < -0.3 is 14.6 Å². The van der Waals surface area contributed by atoms with Crippen molar-refractivity contribution in [2.75, 3.05) is 5.32 Å². The number of anilines is 1. The highest BCUT2D eigenvalue weighted by Crippen LogP contribution is 2.32. The Morgan fingerprint density at radius 2 is 2.07 bits per heavy atom. The molecule has 1 atom stereocenters. The maximum atomic E-state index is 12.5. The molecule has 0 radical (unpaired) electrons. The smallest absolute Gasteiger partial charge is 0.265 e. The third kappa shape index (κ3) is 4.01. The van der Waals surface area contributed by atoms with E-state index in [-0.39, 0.29) is 22.9 Å². The van der Waals surface area contributed by atoms with E-state index < -0.39 is 22.0 Å². The summed E-state index contributed by atoms with van der Waals surface area (Å²) in [5.74, 6) is -0.00352. The van der Waals surface area contributed by atoms with Gasteiger partial charge in [0, 0.05) is 12.0 Å². The number of nitrogens with one attached hydrogen (secondary N) is 2. The molecular weight excluding hydrogens is 386 g/mol. The Morgan fingerprint density at radius 3 is 2.71 bits per heavy atom. The highest BCUT2D eigenvalue weighted by atomic mass is 32.2. The standard InChI is InChI=1S/C18H21N3O6S/c1-4-15-18(23)19-14-9-12(5-7-16(14)26-15)28(24,25)21-17(22)8-6-13-10(2)20-27-11(13)3/h5,7,9,15H,4,6,8H2,1-3H3,(H,19,23)(H,21,22). The van der Waals surface area contributed by atoms with Crippen LogP contribution in [0.25, 0.3) is 0 Å². The van der Waals surface area contributed by atoms with Crippen LogP contribution >= 0.6 is 0 Å². The molecule has 0 bridgehead atoms. The SMILES string of the molecule is CCC1Oc2ccc(S(=O)(=O)NC(=O)CCc3c(C)noc3C)cc2NC1=O. The highest BCUT2D eigenvalue weighted by Gasteiger charge is 2.28. The van der Waals surface area contributed by atoms with E-state index in [1.165, 1.54) is 18.2 Å². The number of aromatic nitrogens is 1. The van der Waals surface area contributed by atoms with Gasteiger partial charge in [-0.15, -0.1) is 0 Å². The van der Waals surface area contributed by atoms with Crippen LogP contribution in [0.4, 0.5) is 5.69 Å². The molecule has 2 aromatic rings. The van der Waals surface area contributed by atoms with Crippen molar-refractivity contribution in [1.29, 1.82) is 0 Å². The third-order valence-electron chi connectivity index (χ3n) is 4.48. The van der Waals surface area contributed by atoms with Gasteiger partial charge in [0.2, 0.25) is 5.91 Å². The summed E-state index contributed by atoms with van der Waals surface area (Å²) in [6.07, 6.45) is 0.158. The van der Waals surface area contributed by atoms with Crippen molar-refractivity contribution in [3.8, 4) is 5.75 Å². The summed E-state index contributed by atoms with van der Waals surface area (Å²) in [6, 6.07) is 4.05. The third-order valence-corrected chi connectivity index (χ3v) is 5.85.